The fourth-order valence-electron chi connectivity index (χ4n) is 2.21. The number of Topliss-reactive ketones (excluding diaryl/α,β-unsaturated/α-hetero) is 1. The smallest absolute Gasteiger partial charge is 0.137 e. The van der Waals surface area contributed by atoms with Crippen molar-refractivity contribution in [2.75, 3.05) is 0 Å². The Morgan fingerprint density at radius 3 is 2.45 bits per heavy atom. The van der Waals surface area contributed by atoms with E-state index in [9.17, 15) is 13.6 Å². The van der Waals surface area contributed by atoms with Gasteiger partial charge in [0.25, 0.3) is 0 Å². The van der Waals surface area contributed by atoms with Crippen LogP contribution in [0.4, 0.5) is 8.78 Å². The maximum absolute atomic E-state index is 13.4. The summed E-state index contributed by atoms with van der Waals surface area (Å²) in [6, 6.07) is 12.4. The van der Waals surface area contributed by atoms with Crippen molar-refractivity contribution >= 4 is 5.78 Å². The minimum atomic E-state index is -0.599. The van der Waals surface area contributed by atoms with Gasteiger partial charge in [-0.05, 0) is 42.2 Å². The number of benzene rings is 2. The quantitative estimate of drug-likeness (QED) is 0.809. The van der Waals surface area contributed by atoms with E-state index in [0.717, 1.165) is 11.6 Å². The fourth-order valence-corrected chi connectivity index (χ4v) is 2.21. The van der Waals surface area contributed by atoms with Crippen molar-refractivity contribution in [3.8, 4) is 6.07 Å². The molecule has 0 spiro atoms. The molecule has 4 heteroatoms. The van der Waals surface area contributed by atoms with Crippen LogP contribution in [-0.2, 0) is 17.6 Å². The molecule has 0 aliphatic heterocycles. The first-order valence-electron chi connectivity index (χ1n) is 7.03. The molecule has 2 aromatic carbocycles. The molecule has 0 aliphatic rings. The second kappa shape index (κ2) is 7.46. The van der Waals surface area contributed by atoms with Gasteiger partial charge in [0.2, 0.25) is 0 Å². The molecule has 2 nitrogen and oxygen atoms in total. The van der Waals surface area contributed by atoms with Gasteiger partial charge in [-0.1, -0.05) is 18.2 Å². The molecule has 0 amide bonds. The lowest BCUT2D eigenvalue weighted by molar-refractivity contribution is -0.118. The predicted octanol–water partition coefficient (Wildman–Crippen LogP) is 3.97. The van der Waals surface area contributed by atoms with Gasteiger partial charge in [0, 0.05) is 18.9 Å². The number of hydrogen-bond donors (Lipinski definition) is 0. The van der Waals surface area contributed by atoms with E-state index in [1.165, 1.54) is 12.1 Å². The number of carbonyl (C=O) groups excluding carboxylic acids is 1. The maximum Gasteiger partial charge on any atom is 0.137 e. The van der Waals surface area contributed by atoms with Gasteiger partial charge < -0.3 is 0 Å². The molecule has 2 aromatic rings. The average Bonchev–Trinajstić information content (AvgIpc) is 2.50. The van der Waals surface area contributed by atoms with Crippen LogP contribution >= 0.6 is 0 Å². The highest BCUT2D eigenvalue weighted by Crippen LogP contribution is 2.13. The van der Waals surface area contributed by atoms with Crippen LogP contribution in [-0.4, -0.2) is 5.78 Å². The number of carbonyl (C=O) groups is 1. The highest BCUT2D eigenvalue weighted by molar-refractivity contribution is 5.80. The summed E-state index contributed by atoms with van der Waals surface area (Å²) in [5.74, 6) is -1.11. The second-order valence-electron chi connectivity index (χ2n) is 5.11. The van der Waals surface area contributed by atoms with E-state index in [1.807, 2.05) is 6.07 Å². The Balaban J connectivity index is 1.81. The summed E-state index contributed by atoms with van der Waals surface area (Å²) in [5.41, 5.74) is 1.84. The molecule has 0 fully saturated rings. The SMILES string of the molecule is N#Cc1ccc(CC(=O)CCCc2ccc(F)cc2F)cc1. The zero-order valence-corrected chi connectivity index (χ0v) is 12.0. The molecular weight excluding hydrogens is 284 g/mol. The largest absolute Gasteiger partial charge is 0.299 e. The number of hydrogen-bond acceptors (Lipinski definition) is 2. The van der Waals surface area contributed by atoms with Crippen molar-refractivity contribution in [2.45, 2.75) is 25.7 Å². The summed E-state index contributed by atoms with van der Waals surface area (Å²) in [6.45, 7) is 0. The second-order valence-corrected chi connectivity index (χ2v) is 5.11. The third-order valence-electron chi connectivity index (χ3n) is 3.40. The summed E-state index contributed by atoms with van der Waals surface area (Å²) in [6.07, 6.45) is 1.58. The molecule has 0 saturated carbocycles. The van der Waals surface area contributed by atoms with Crippen molar-refractivity contribution in [2.24, 2.45) is 0 Å². The van der Waals surface area contributed by atoms with Crippen LogP contribution < -0.4 is 0 Å². The van der Waals surface area contributed by atoms with E-state index < -0.39 is 11.6 Å². The van der Waals surface area contributed by atoms with Gasteiger partial charge >= 0.3 is 0 Å². The highest BCUT2D eigenvalue weighted by Gasteiger charge is 2.07. The maximum atomic E-state index is 13.4. The fraction of sp³-hybridized carbons (Fsp3) is 0.222. The van der Waals surface area contributed by atoms with E-state index in [0.29, 0.717) is 36.8 Å². The first-order valence-corrected chi connectivity index (χ1v) is 7.03. The van der Waals surface area contributed by atoms with Crippen molar-refractivity contribution in [3.05, 3.63) is 70.8 Å². The van der Waals surface area contributed by atoms with Crippen LogP contribution in [0.25, 0.3) is 0 Å². The lowest BCUT2D eigenvalue weighted by Crippen LogP contribution is -2.04. The Bertz CT molecular complexity index is 702. The molecule has 2 rings (SSSR count). The predicted molar refractivity (Wildman–Crippen MR) is 79.2 cm³/mol. The molecule has 0 N–H and O–H groups in total. The Morgan fingerprint density at radius 1 is 1.09 bits per heavy atom. The van der Waals surface area contributed by atoms with E-state index >= 15 is 0 Å². The van der Waals surface area contributed by atoms with Crippen LogP contribution in [0, 0.1) is 23.0 Å². The van der Waals surface area contributed by atoms with Gasteiger partial charge in [-0.15, -0.1) is 0 Å². The molecule has 0 radical (unpaired) electrons. The molecule has 0 bridgehead atoms. The average molecular weight is 299 g/mol. The monoisotopic (exact) mass is 299 g/mol. The van der Waals surface area contributed by atoms with Gasteiger partial charge in [-0.3, -0.25) is 4.79 Å². The number of nitriles is 1. The Morgan fingerprint density at radius 2 is 1.82 bits per heavy atom. The molecule has 22 heavy (non-hydrogen) atoms. The third kappa shape index (κ3) is 4.49. The Kier molecular flexibility index (Phi) is 5.37. The van der Waals surface area contributed by atoms with Crippen molar-refractivity contribution in [1.82, 2.24) is 0 Å². The Labute approximate surface area is 128 Å². The summed E-state index contributed by atoms with van der Waals surface area (Å²) in [7, 11) is 0. The van der Waals surface area contributed by atoms with E-state index in [4.69, 9.17) is 5.26 Å². The van der Waals surface area contributed by atoms with Gasteiger partial charge in [0.15, 0.2) is 0 Å². The van der Waals surface area contributed by atoms with Crippen LogP contribution in [0.5, 0.6) is 0 Å². The summed E-state index contributed by atoms with van der Waals surface area (Å²) in [5, 5.41) is 8.70. The topological polar surface area (TPSA) is 40.9 Å². The zero-order valence-electron chi connectivity index (χ0n) is 12.0. The van der Waals surface area contributed by atoms with E-state index in [1.54, 1.807) is 24.3 Å². The van der Waals surface area contributed by atoms with Gasteiger partial charge in [-0.2, -0.15) is 5.26 Å². The molecule has 0 saturated heterocycles. The van der Waals surface area contributed by atoms with Crippen molar-refractivity contribution < 1.29 is 13.6 Å². The number of rotatable bonds is 6. The van der Waals surface area contributed by atoms with Crippen LogP contribution in [0.3, 0.4) is 0 Å². The van der Waals surface area contributed by atoms with E-state index in [2.05, 4.69) is 0 Å². The summed E-state index contributed by atoms with van der Waals surface area (Å²) >= 11 is 0. The minimum Gasteiger partial charge on any atom is -0.299 e. The van der Waals surface area contributed by atoms with Gasteiger partial charge in [-0.25, -0.2) is 8.78 Å². The standard InChI is InChI=1S/C18H15F2NO/c19-16-9-8-15(18(20)11-16)2-1-3-17(22)10-13-4-6-14(12-21)7-5-13/h4-9,11H,1-3,10H2. The molecule has 0 aromatic heterocycles. The first kappa shape index (κ1) is 15.8. The Hall–Kier alpha value is -2.54. The summed E-state index contributed by atoms with van der Waals surface area (Å²) in [4.78, 5) is 11.9. The third-order valence-corrected chi connectivity index (χ3v) is 3.40. The molecule has 0 aliphatic carbocycles. The number of nitrogens with zero attached hydrogens (tertiary/aromatic N) is 1. The molecule has 0 atom stereocenters. The molecule has 0 unspecified atom stereocenters. The number of aryl methyl sites for hydroxylation is 1. The number of ketones is 1. The molecule has 112 valence electrons. The highest BCUT2D eigenvalue weighted by atomic mass is 19.1. The van der Waals surface area contributed by atoms with Gasteiger partial charge in [0.1, 0.15) is 17.4 Å². The lowest BCUT2D eigenvalue weighted by Gasteiger charge is -2.04. The lowest BCUT2D eigenvalue weighted by atomic mass is 10.0. The number of halogens is 2. The van der Waals surface area contributed by atoms with Crippen LogP contribution in [0.2, 0.25) is 0 Å². The normalized spacial score (nSPS) is 10.2. The summed E-state index contributed by atoms with van der Waals surface area (Å²) < 4.78 is 26.2. The minimum absolute atomic E-state index is 0.0622. The van der Waals surface area contributed by atoms with E-state index in [-0.39, 0.29) is 5.78 Å². The van der Waals surface area contributed by atoms with Crippen LogP contribution in [0.15, 0.2) is 42.5 Å². The zero-order chi connectivity index (χ0) is 15.9. The van der Waals surface area contributed by atoms with Crippen molar-refractivity contribution in [1.29, 1.82) is 5.26 Å². The van der Waals surface area contributed by atoms with Gasteiger partial charge in [0.05, 0.1) is 11.6 Å². The molecule has 0 heterocycles. The first-order chi connectivity index (χ1) is 10.6. The van der Waals surface area contributed by atoms with Crippen molar-refractivity contribution in [3.63, 3.8) is 0 Å². The molecular formula is C18H15F2NO. The van der Waals surface area contributed by atoms with Crippen LogP contribution in [0.1, 0.15) is 29.5 Å².